The van der Waals surface area contributed by atoms with E-state index in [9.17, 15) is 5.11 Å². The van der Waals surface area contributed by atoms with Crippen LogP contribution in [-0.4, -0.2) is 32.2 Å². The predicted molar refractivity (Wildman–Crippen MR) is 65.4 cm³/mol. The van der Waals surface area contributed by atoms with Crippen molar-refractivity contribution in [2.24, 2.45) is 5.92 Å². The molecule has 96 valence electrons. The van der Waals surface area contributed by atoms with Crippen LogP contribution in [0.15, 0.2) is 6.20 Å². The highest BCUT2D eigenvalue weighted by molar-refractivity contribution is 4.93. The number of hydrogen-bond acceptors (Lipinski definition) is 4. The summed E-state index contributed by atoms with van der Waals surface area (Å²) in [5.41, 5.74) is 0.240. The standard InChI is InChI=1S/C12H22N4O/c1-3-12(2,17)9-16-8-11(14-15-16)7-13-6-10-4-5-10/h8,10,13,17H,3-7,9H2,1-2H3. The molecule has 0 aromatic carbocycles. The highest BCUT2D eigenvalue weighted by Crippen LogP contribution is 2.27. The molecule has 2 rings (SSSR count). The highest BCUT2D eigenvalue weighted by Gasteiger charge is 2.21. The second-order valence-corrected chi connectivity index (χ2v) is 5.33. The summed E-state index contributed by atoms with van der Waals surface area (Å²) in [6.07, 6.45) is 5.34. The maximum atomic E-state index is 9.94. The van der Waals surface area contributed by atoms with Gasteiger partial charge in [-0.3, -0.25) is 0 Å². The van der Waals surface area contributed by atoms with Crippen molar-refractivity contribution in [2.45, 2.75) is 51.8 Å². The molecular weight excluding hydrogens is 216 g/mol. The topological polar surface area (TPSA) is 63.0 Å². The average Bonchev–Trinajstić information content (AvgIpc) is 3.00. The third-order valence-corrected chi connectivity index (χ3v) is 3.29. The molecule has 5 heteroatoms. The van der Waals surface area contributed by atoms with Crippen molar-refractivity contribution in [2.75, 3.05) is 6.54 Å². The van der Waals surface area contributed by atoms with Crippen LogP contribution in [0.1, 0.15) is 38.8 Å². The molecule has 0 radical (unpaired) electrons. The lowest BCUT2D eigenvalue weighted by Gasteiger charge is -2.20. The molecule has 1 heterocycles. The van der Waals surface area contributed by atoms with Gasteiger partial charge in [0.2, 0.25) is 0 Å². The molecular formula is C12H22N4O. The Bertz CT molecular complexity index is 357. The van der Waals surface area contributed by atoms with E-state index in [1.165, 1.54) is 12.8 Å². The Balaban J connectivity index is 1.78. The fourth-order valence-corrected chi connectivity index (χ4v) is 1.68. The lowest BCUT2D eigenvalue weighted by Crippen LogP contribution is -2.29. The summed E-state index contributed by atoms with van der Waals surface area (Å²) in [6, 6.07) is 0. The van der Waals surface area contributed by atoms with Gasteiger partial charge in [0.1, 0.15) is 0 Å². The van der Waals surface area contributed by atoms with Crippen molar-refractivity contribution in [3.8, 4) is 0 Å². The highest BCUT2D eigenvalue weighted by atomic mass is 16.3. The van der Waals surface area contributed by atoms with E-state index in [0.29, 0.717) is 13.0 Å². The van der Waals surface area contributed by atoms with Gasteiger partial charge < -0.3 is 10.4 Å². The van der Waals surface area contributed by atoms with Crippen LogP contribution in [-0.2, 0) is 13.1 Å². The van der Waals surface area contributed by atoms with Gasteiger partial charge >= 0.3 is 0 Å². The van der Waals surface area contributed by atoms with Crippen molar-refractivity contribution in [3.05, 3.63) is 11.9 Å². The smallest absolute Gasteiger partial charge is 0.0964 e. The zero-order valence-electron chi connectivity index (χ0n) is 10.7. The normalized spacial score (nSPS) is 19.2. The van der Waals surface area contributed by atoms with Crippen molar-refractivity contribution >= 4 is 0 Å². The molecule has 0 amide bonds. The van der Waals surface area contributed by atoms with Gasteiger partial charge in [0, 0.05) is 12.7 Å². The van der Waals surface area contributed by atoms with Gasteiger partial charge in [0.15, 0.2) is 0 Å². The second kappa shape index (κ2) is 5.14. The first-order chi connectivity index (χ1) is 8.09. The summed E-state index contributed by atoms with van der Waals surface area (Å²) < 4.78 is 1.72. The Hall–Kier alpha value is -0.940. The summed E-state index contributed by atoms with van der Waals surface area (Å²) in [7, 11) is 0. The molecule has 17 heavy (non-hydrogen) atoms. The zero-order valence-corrected chi connectivity index (χ0v) is 10.7. The van der Waals surface area contributed by atoms with Crippen LogP contribution < -0.4 is 5.32 Å². The van der Waals surface area contributed by atoms with Crippen LogP contribution in [0, 0.1) is 5.92 Å². The molecule has 1 unspecified atom stereocenters. The molecule has 5 nitrogen and oxygen atoms in total. The Morgan fingerprint density at radius 2 is 2.35 bits per heavy atom. The number of aliphatic hydroxyl groups is 1. The molecule has 0 saturated heterocycles. The van der Waals surface area contributed by atoms with Gasteiger partial charge in [-0.2, -0.15) is 0 Å². The Labute approximate surface area is 102 Å². The van der Waals surface area contributed by atoms with Crippen molar-refractivity contribution in [3.63, 3.8) is 0 Å². The van der Waals surface area contributed by atoms with Gasteiger partial charge in [0.05, 0.1) is 17.8 Å². The molecule has 1 fully saturated rings. The number of aromatic nitrogens is 3. The van der Waals surface area contributed by atoms with Gasteiger partial charge in [-0.1, -0.05) is 12.1 Å². The van der Waals surface area contributed by atoms with E-state index in [0.717, 1.165) is 24.7 Å². The third kappa shape index (κ3) is 4.09. The molecule has 0 bridgehead atoms. The summed E-state index contributed by atoms with van der Waals surface area (Å²) in [5.74, 6) is 0.880. The zero-order chi connectivity index (χ0) is 12.3. The number of nitrogens with zero attached hydrogens (tertiary/aromatic N) is 3. The van der Waals surface area contributed by atoms with E-state index < -0.39 is 5.60 Å². The average molecular weight is 238 g/mol. The Morgan fingerprint density at radius 1 is 1.59 bits per heavy atom. The predicted octanol–water partition coefficient (Wildman–Crippen LogP) is 0.939. The van der Waals surface area contributed by atoms with E-state index in [2.05, 4.69) is 15.6 Å². The monoisotopic (exact) mass is 238 g/mol. The van der Waals surface area contributed by atoms with E-state index in [4.69, 9.17) is 0 Å². The molecule has 1 aliphatic rings. The van der Waals surface area contributed by atoms with E-state index >= 15 is 0 Å². The maximum Gasteiger partial charge on any atom is 0.0964 e. The minimum Gasteiger partial charge on any atom is -0.388 e. The maximum absolute atomic E-state index is 9.94. The van der Waals surface area contributed by atoms with Crippen LogP contribution in [0.2, 0.25) is 0 Å². The summed E-state index contributed by atoms with van der Waals surface area (Å²) in [4.78, 5) is 0. The molecule has 1 aliphatic carbocycles. The van der Waals surface area contributed by atoms with Crippen LogP contribution in [0.3, 0.4) is 0 Å². The number of nitrogens with one attached hydrogen (secondary N) is 1. The Kier molecular flexibility index (Phi) is 3.79. The fraction of sp³-hybridized carbons (Fsp3) is 0.833. The van der Waals surface area contributed by atoms with E-state index in [1.54, 1.807) is 4.68 Å². The first-order valence-corrected chi connectivity index (χ1v) is 6.41. The molecule has 1 aromatic rings. The van der Waals surface area contributed by atoms with Crippen molar-refractivity contribution < 1.29 is 5.11 Å². The largest absolute Gasteiger partial charge is 0.388 e. The molecule has 1 aromatic heterocycles. The van der Waals surface area contributed by atoms with Crippen molar-refractivity contribution in [1.82, 2.24) is 20.3 Å². The lowest BCUT2D eigenvalue weighted by atomic mass is 10.0. The Morgan fingerprint density at radius 3 is 3.00 bits per heavy atom. The summed E-state index contributed by atoms with van der Waals surface area (Å²) in [6.45, 7) is 6.14. The molecule has 2 N–H and O–H groups in total. The van der Waals surface area contributed by atoms with Crippen LogP contribution in [0.5, 0.6) is 0 Å². The van der Waals surface area contributed by atoms with Crippen LogP contribution in [0.4, 0.5) is 0 Å². The lowest BCUT2D eigenvalue weighted by molar-refractivity contribution is 0.0339. The first-order valence-electron chi connectivity index (χ1n) is 6.41. The number of hydrogen-bond donors (Lipinski definition) is 2. The second-order valence-electron chi connectivity index (χ2n) is 5.33. The quantitative estimate of drug-likeness (QED) is 0.742. The van der Waals surface area contributed by atoms with Crippen molar-refractivity contribution in [1.29, 1.82) is 0 Å². The molecule has 1 saturated carbocycles. The summed E-state index contributed by atoms with van der Waals surface area (Å²) in [5, 5.41) is 21.4. The van der Waals surface area contributed by atoms with Gasteiger partial charge in [-0.15, -0.1) is 5.10 Å². The molecule has 0 aliphatic heterocycles. The minimum atomic E-state index is -0.702. The molecule has 1 atom stereocenters. The summed E-state index contributed by atoms with van der Waals surface area (Å²) >= 11 is 0. The van der Waals surface area contributed by atoms with Crippen LogP contribution >= 0.6 is 0 Å². The van der Waals surface area contributed by atoms with E-state index in [-0.39, 0.29) is 0 Å². The number of rotatable bonds is 7. The first kappa shape index (κ1) is 12.5. The van der Waals surface area contributed by atoms with E-state index in [1.807, 2.05) is 20.0 Å². The van der Waals surface area contributed by atoms with Gasteiger partial charge in [-0.25, -0.2) is 4.68 Å². The van der Waals surface area contributed by atoms with Crippen LogP contribution in [0.25, 0.3) is 0 Å². The van der Waals surface area contributed by atoms with Gasteiger partial charge in [-0.05, 0) is 38.6 Å². The fourth-order valence-electron chi connectivity index (χ4n) is 1.68. The molecule has 0 spiro atoms. The minimum absolute atomic E-state index is 0.499. The SMILES string of the molecule is CCC(C)(O)Cn1cc(CNCC2CC2)nn1. The van der Waals surface area contributed by atoms with Gasteiger partial charge in [0.25, 0.3) is 0 Å². The third-order valence-electron chi connectivity index (χ3n) is 3.29.